The number of benzene rings is 2. The molecule has 2 aromatic carbocycles. The van der Waals surface area contributed by atoms with E-state index < -0.39 is 47.3 Å². The number of fused-ring (bicyclic) bond motifs is 1. The highest BCUT2D eigenvalue weighted by Gasteiger charge is 2.50. The van der Waals surface area contributed by atoms with Crippen LogP contribution in [-0.4, -0.2) is 57.3 Å². The van der Waals surface area contributed by atoms with E-state index in [-0.39, 0.29) is 19.4 Å². The Morgan fingerprint density at radius 3 is 2.39 bits per heavy atom. The summed E-state index contributed by atoms with van der Waals surface area (Å²) in [6.45, 7) is 2.71. The maximum atomic E-state index is 13.8. The summed E-state index contributed by atoms with van der Waals surface area (Å²) in [5, 5.41) is 14.0. The Morgan fingerprint density at radius 1 is 1.11 bits per heavy atom. The SMILES string of the molecule is C[C@H](C(=O)N[C@H](CCC(=O)O)C(N)=O)N(Cc1ccccc1)C(=O)C1(C)Oc2ccccc2NC1=O. The number of para-hydroxylation sites is 2. The van der Waals surface area contributed by atoms with Gasteiger partial charge in [-0.2, -0.15) is 0 Å². The zero-order chi connectivity index (χ0) is 26.5. The molecule has 3 rings (SSSR count). The molecule has 11 heteroatoms. The molecular weight excluding hydrogens is 468 g/mol. The van der Waals surface area contributed by atoms with Crippen LogP contribution in [0.1, 0.15) is 32.3 Å². The minimum atomic E-state index is -1.98. The van der Waals surface area contributed by atoms with Gasteiger partial charge < -0.3 is 31.1 Å². The predicted molar refractivity (Wildman–Crippen MR) is 129 cm³/mol. The monoisotopic (exact) mass is 496 g/mol. The second kappa shape index (κ2) is 10.9. The topological polar surface area (TPSA) is 168 Å². The molecule has 11 nitrogen and oxygen atoms in total. The number of carboxylic acid groups (broad SMARTS) is 1. The molecule has 0 saturated heterocycles. The average molecular weight is 497 g/mol. The lowest BCUT2D eigenvalue weighted by atomic mass is 9.98. The van der Waals surface area contributed by atoms with E-state index in [9.17, 15) is 24.0 Å². The smallest absolute Gasteiger partial charge is 0.303 e. The molecule has 0 saturated carbocycles. The number of hydrogen-bond acceptors (Lipinski definition) is 6. The molecule has 0 fully saturated rings. The highest BCUT2D eigenvalue weighted by atomic mass is 16.5. The van der Waals surface area contributed by atoms with Crippen molar-refractivity contribution in [1.29, 1.82) is 0 Å². The first-order valence-electron chi connectivity index (χ1n) is 11.3. The number of carbonyl (C=O) groups excluding carboxylic acids is 4. The van der Waals surface area contributed by atoms with Gasteiger partial charge >= 0.3 is 5.97 Å². The third-order valence-corrected chi connectivity index (χ3v) is 5.90. The lowest BCUT2D eigenvalue weighted by Gasteiger charge is -2.39. The summed E-state index contributed by atoms with van der Waals surface area (Å²) in [5.74, 6) is -3.98. The van der Waals surface area contributed by atoms with Gasteiger partial charge in [-0.15, -0.1) is 0 Å². The van der Waals surface area contributed by atoms with Crippen molar-refractivity contribution in [3.8, 4) is 5.75 Å². The van der Waals surface area contributed by atoms with E-state index in [2.05, 4.69) is 10.6 Å². The van der Waals surface area contributed by atoms with Crippen molar-refractivity contribution in [2.75, 3.05) is 5.32 Å². The van der Waals surface area contributed by atoms with Gasteiger partial charge in [0.2, 0.25) is 11.8 Å². The van der Waals surface area contributed by atoms with Crippen LogP contribution in [0.15, 0.2) is 54.6 Å². The van der Waals surface area contributed by atoms with Crippen molar-refractivity contribution >= 4 is 35.3 Å². The van der Waals surface area contributed by atoms with Crippen molar-refractivity contribution in [1.82, 2.24) is 10.2 Å². The van der Waals surface area contributed by atoms with E-state index in [1.165, 1.54) is 18.7 Å². The highest BCUT2D eigenvalue weighted by molar-refractivity contribution is 6.16. The second-order valence-corrected chi connectivity index (χ2v) is 8.58. The molecule has 1 aliphatic heterocycles. The quantitative estimate of drug-likeness (QED) is 0.356. The van der Waals surface area contributed by atoms with Crippen molar-refractivity contribution in [3.63, 3.8) is 0 Å². The number of rotatable bonds is 10. The first-order chi connectivity index (χ1) is 17.0. The standard InChI is InChI=1S/C25H28N4O7/c1-15(22(33)27-18(21(26)32)12-13-20(30)31)29(14-16-8-4-3-5-9-16)24(35)25(2)23(34)28-17-10-6-7-11-19(17)36-25/h3-11,15,18H,12-14H2,1-2H3,(H2,26,32)(H,27,33)(H,28,34)(H,30,31)/t15-,18-,25?/m1/s1. The zero-order valence-corrected chi connectivity index (χ0v) is 19.9. The fraction of sp³-hybridized carbons (Fsp3) is 0.320. The summed E-state index contributed by atoms with van der Waals surface area (Å²) in [4.78, 5) is 63.8. The molecule has 0 bridgehead atoms. The number of nitrogens with two attached hydrogens (primary N) is 1. The van der Waals surface area contributed by atoms with Gasteiger partial charge in [-0.1, -0.05) is 42.5 Å². The maximum Gasteiger partial charge on any atom is 0.303 e. The second-order valence-electron chi connectivity index (χ2n) is 8.58. The Morgan fingerprint density at radius 2 is 1.75 bits per heavy atom. The number of nitrogens with zero attached hydrogens (tertiary/aromatic N) is 1. The van der Waals surface area contributed by atoms with Crippen LogP contribution in [0.3, 0.4) is 0 Å². The van der Waals surface area contributed by atoms with Crippen LogP contribution in [0.4, 0.5) is 5.69 Å². The summed E-state index contributed by atoms with van der Waals surface area (Å²) in [6.07, 6.45) is -0.601. The Bertz CT molecular complexity index is 1170. The maximum absolute atomic E-state index is 13.8. The minimum Gasteiger partial charge on any atom is -0.481 e. The third-order valence-electron chi connectivity index (χ3n) is 5.90. The lowest BCUT2D eigenvalue weighted by molar-refractivity contribution is -0.159. The molecule has 0 spiro atoms. The van der Waals surface area contributed by atoms with Crippen LogP contribution >= 0.6 is 0 Å². The number of ether oxygens (including phenoxy) is 1. The summed E-state index contributed by atoms with van der Waals surface area (Å²) < 4.78 is 5.85. The largest absolute Gasteiger partial charge is 0.481 e. The summed E-state index contributed by atoms with van der Waals surface area (Å²) in [5.41, 5.74) is 4.45. The third kappa shape index (κ3) is 5.80. The van der Waals surface area contributed by atoms with Crippen molar-refractivity contribution in [2.24, 2.45) is 5.73 Å². The normalized spacial score (nSPS) is 18.0. The van der Waals surface area contributed by atoms with Gasteiger partial charge in [0.1, 0.15) is 17.8 Å². The van der Waals surface area contributed by atoms with Crippen molar-refractivity contribution in [2.45, 2.75) is 50.9 Å². The van der Waals surface area contributed by atoms with Gasteiger partial charge in [0.25, 0.3) is 17.4 Å². The molecule has 0 radical (unpaired) electrons. The summed E-state index contributed by atoms with van der Waals surface area (Å²) in [6, 6.07) is 13.1. The Kier molecular flexibility index (Phi) is 7.93. The fourth-order valence-corrected chi connectivity index (χ4v) is 3.73. The van der Waals surface area contributed by atoms with Gasteiger partial charge in [0.05, 0.1) is 5.69 Å². The molecule has 190 valence electrons. The average Bonchev–Trinajstić information content (AvgIpc) is 2.85. The van der Waals surface area contributed by atoms with E-state index in [4.69, 9.17) is 15.6 Å². The van der Waals surface area contributed by atoms with Crippen molar-refractivity contribution < 1.29 is 33.8 Å². The first-order valence-corrected chi connectivity index (χ1v) is 11.3. The Labute approximate surface area is 207 Å². The number of carbonyl (C=O) groups is 5. The molecule has 0 aromatic heterocycles. The molecule has 36 heavy (non-hydrogen) atoms. The molecule has 5 N–H and O–H groups in total. The predicted octanol–water partition coefficient (Wildman–Crippen LogP) is 1.03. The number of amides is 4. The van der Waals surface area contributed by atoms with Crippen molar-refractivity contribution in [3.05, 3.63) is 60.2 Å². The summed E-state index contributed by atoms with van der Waals surface area (Å²) in [7, 11) is 0. The van der Waals surface area contributed by atoms with E-state index in [1.54, 1.807) is 54.6 Å². The lowest BCUT2D eigenvalue weighted by Crippen LogP contribution is -2.63. The Balaban J connectivity index is 1.90. The number of aliphatic carboxylic acids is 1. The molecular formula is C25H28N4O7. The molecule has 1 heterocycles. The zero-order valence-electron chi connectivity index (χ0n) is 19.9. The van der Waals surface area contributed by atoms with Crippen LogP contribution in [0.2, 0.25) is 0 Å². The van der Waals surface area contributed by atoms with Crippen LogP contribution in [0.5, 0.6) is 5.75 Å². The number of nitrogens with one attached hydrogen (secondary N) is 2. The first kappa shape index (κ1) is 26.2. The number of anilines is 1. The van der Waals surface area contributed by atoms with Gasteiger partial charge in [-0.25, -0.2) is 0 Å². The Hall–Kier alpha value is -4.41. The van der Waals surface area contributed by atoms with Gasteiger partial charge in [0.15, 0.2) is 0 Å². The molecule has 1 unspecified atom stereocenters. The van der Waals surface area contributed by atoms with Gasteiger partial charge in [-0.05, 0) is 38.0 Å². The van der Waals surface area contributed by atoms with Gasteiger partial charge in [-0.3, -0.25) is 24.0 Å². The number of primary amides is 1. The van der Waals surface area contributed by atoms with Crippen LogP contribution in [0.25, 0.3) is 0 Å². The van der Waals surface area contributed by atoms with Crippen LogP contribution in [-0.2, 0) is 30.5 Å². The van der Waals surface area contributed by atoms with Crippen LogP contribution in [0, 0.1) is 0 Å². The molecule has 4 amide bonds. The van der Waals surface area contributed by atoms with E-state index in [0.29, 0.717) is 17.0 Å². The minimum absolute atomic E-state index is 0.0432. The molecule has 1 aliphatic rings. The van der Waals surface area contributed by atoms with E-state index in [0.717, 1.165) is 0 Å². The van der Waals surface area contributed by atoms with E-state index in [1.807, 2.05) is 0 Å². The summed E-state index contributed by atoms with van der Waals surface area (Å²) >= 11 is 0. The highest BCUT2D eigenvalue weighted by Crippen LogP contribution is 2.34. The fourth-order valence-electron chi connectivity index (χ4n) is 3.73. The molecule has 0 aliphatic carbocycles. The van der Waals surface area contributed by atoms with Gasteiger partial charge in [0, 0.05) is 13.0 Å². The van der Waals surface area contributed by atoms with E-state index >= 15 is 0 Å². The van der Waals surface area contributed by atoms with Crippen LogP contribution < -0.4 is 21.1 Å². The number of hydrogen-bond donors (Lipinski definition) is 4. The molecule has 3 atom stereocenters. The number of carboxylic acids is 1. The molecule has 2 aromatic rings.